The van der Waals surface area contributed by atoms with Crippen molar-refractivity contribution in [2.75, 3.05) is 24.9 Å². The van der Waals surface area contributed by atoms with E-state index in [9.17, 15) is 22.0 Å². The lowest BCUT2D eigenvalue weighted by Crippen LogP contribution is -2.41. The molecule has 3 heterocycles. The fourth-order valence-electron chi connectivity index (χ4n) is 4.98. The second kappa shape index (κ2) is 11.7. The van der Waals surface area contributed by atoms with Crippen LogP contribution in [0.3, 0.4) is 0 Å². The number of aromatic nitrogens is 3. The van der Waals surface area contributed by atoms with E-state index in [-0.39, 0.29) is 23.6 Å². The summed E-state index contributed by atoms with van der Waals surface area (Å²) in [6.45, 7) is 6.58. The SMILES string of the molecule is COc1ncc(-c2ccc3ncnc(C4CCN(C(=O)OC(C)(C)C)CC4)c3c2)cc1NS(=O)(=O)c1ccc(F)cc1F. The summed E-state index contributed by atoms with van der Waals surface area (Å²) in [5, 5.41) is 0.821. The van der Waals surface area contributed by atoms with Crippen molar-refractivity contribution in [2.24, 2.45) is 0 Å². The van der Waals surface area contributed by atoms with Crippen LogP contribution >= 0.6 is 0 Å². The van der Waals surface area contributed by atoms with Crippen LogP contribution in [0, 0.1) is 11.6 Å². The molecule has 0 atom stereocenters. The zero-order chi connectivity index (χ0) is 30.9. The number of nitrogens with one attached hydrogen (secondary N) is 1. The fraction of sp³-hybridized carbons (Fsp3) is 0.333. The zero-order valence-corrected chi connectivity index (χ0v) is 24.9. The number of methoxy groups -OCH3 is 1. The molecule has 2 aromatic heterocycles. The van der Waals surface area contributed by atoms with Crippen LogP contribution in [0.25, 0.3) is 22.0 Å². The highest BCUT2D eigenvalue weighted by molar-refractivity contribution is 7.92. The molecule has 5 rings (SSSR count). The molecule has 1 N–H and O–H groups in total. The molecule has 0 saturated carbocycles. The van der Waals surface area contributed by atoms with E-state index < -0.39 is 32.2 Å². The van der Waals surface area contributed by atoms with Crippen molar-refractivity contribution in [3.05, 3.63) is 72.3 Å². The van der Waals surface area contributed by atoms with Gasteiger partial charge in [0.15, 0.2) is 0 Å². The number of ether oxygens (including phenoxy) is 2. The number of hydrogen-bond donors (Lipinski definition) is 1. The van der Waals surface area contributed by atoms with Crippen LogP contribution in [-0.2, 0) is 14.8 Å². The number of halogens is 2. The van der Waals surface area contributed by atoms with Crippen molar-refractivity contribution >= 4 is 32.7 Å². The van der Waals surface area contributed by atoms with Crippen LogP contribution < -0.4 is 9.46 Å². The van der Waals surface area contributed by atoms with Crippen molar-refractivity contribution in [1.29, 1.82) is 0 Å². The molecule has 13 heteroatoms. The first-order valence-electron chi connectivity index (χ1n) is 13.6. The molecule has 226 valence electrons. The summed E-state index contributed by atoms with van der Waals surface area (Å²) in [5.74, 6) is -2.07. The lowest BCUT2D eigenvalue weighted by molar-refractivity contribution is 0.0204. The number of nitrogens with zero attached hydrogens (tertiary/aromatic N) is 4. The highest BCUT2D eigenvalue weighted by Crippen LogP contribution is 2.35. The Bertz CT molecular complexity index is 1790. The molecule has 1 saturated heterocycles. The number of anilines is 1. The maximum Gasteiger partial charge on any atom is 0.410 e. The summed E-state index contributed by atoms with van der Waals surface area (Å²) in [6, 6.07) is 9.30. The summed E-state index contributed by atoms with van der Waals surface area (Å²) >= 11 is 0. The Morgan fingerprint density at radius 1 is 1.00 bits per heavy atom. The van der Waals surface area contributed by atoms with Crippen LogP contribution in [0.5, 0.6) is 5.88 Å². The number of fused-ring (bicyclic) bond motifs is 1. The van der Waals surface area contributed by atoms with Crippen LogP contribution in [0.1, 0.15) is 45.2 Å². The summed E-state index contributed by atoms with van der Waals surface area (Å²) in [7, 11) is -3.11. The number of sulfonamides is 1. The molecule has 2 aromatic carbocycles. The van der Waals surface area contributed by atoms with Crippen LogP contribution in [-0.4, -0.2) is 60.2 Å². The smallest absolute Gasteiger partial charge is 0.410 e. The number of carbonyl (C=O) groups excluding carboxylic acids is 1. The van der Waals surface area contributed by atoms with E-state index in [2.05, 4.69) is 19.7 Å². The number of hydrogen-bond acceptors (Lipinski definition) is 8. The van der Waals surface area contributed by atoms with E-state index in [0.717, 1.165) is 28.7 Å². The van der Waals surface area contributed by atoms with Gasteiger partial charge in [0, 0.05) is 42.2 Å². The molecule has 1 aliphatic heterocycles. The molecule has 10 nitrogen and oxygen atoms in total. The third-order valence-corrected chi connectivity index (χ3v) is 8.40. The Hall–Kier alpha value is -4.39. The first kappa shape index (κ1) is 30.1. The quantitative estimate of drug-likeness (QED) is 0.286. The summed E-state index contributed by atoms with van der Waals surface area (Å²) < 4.78 is 66.7. The maximum absolute atomic E-state index is 14.3. The van der Waals surface area contributed by atoms with E-state index in [4.69, 9.17) is 9.47 Å². The van der Waals surface area contributed by atoms with Gasteiger partial charge in [-0.2, -0.15) is 0 Å². The van der Waals surface area contributed by atoms with E-state index >= 15 is 0 Å². The van der Waals surface area contributed by atoms with E-state index in [0.29, 0.717) is 43.1 Å². The van der Waals surface area contributed by atoms with Gasteiger partial charge in [0.1, 0.15) is 34.1 Å². The van der Waals surface area contributed by atoms with Gasteiger partial charge in [-0.05, 0) is 69.5 Å². The third-order valence-electron chi connectivity index (χ3n) is 7.01. The van der Waals surface area contributed by atoms with E-state index in [1.165, 1.54) is 25.7 Å². The molecule has 4 aromatic rings. The monoisotopic (exact) mass is 611 g/mol. The van der Waals surface area contributed by atoms with Gasteiger partial charge >= 0.3 is 6.09 Å². The third kappa shape index (κ3) is 6.66. The van der Waals surface area contributed by atoms with Crippen molar-refractivity contribution in [3.63, 3.8) is 0 Å². The lowest BCUT2D eigenvalue weighted by Gasteiger charge is -2.33. The predicted molar refractivity (Wildman–Crippen MR) is 156 cm³/mol. The highest BCUT2D eigenvalue weighted by Gasteiger charge is 2.29. The van der Waals surface area contributed by atoms with Gasteiger partial charge in [0.2, 0.25) is 5.88 Å². The molecule has 0 spiro atoms. The minimum absolute atomic E-state index is 0.0251. The minimum Gasteiger partial charge on any atom is -0.480 e. The van der Waals surface area contributed by atoms with Crippen LogP contribution in [0.15, 0.2) is 59.9 Å². The summed E-state index contributed by atoms with van der Waals surface area (Å²) in [6.07, 6.45) is 4.12. The summed E-state index contributed by atoms with van der Waals surface area (Å²) in [5.41, 5.74) is 2.25. The molecule has 1 amide bonds. The van der Waals surface area contributed by atoms with Gasteiger partial charge in [0.05, 0.1) is 18.3 Å². The number of benzene rings is 2. The summed E-state index contributed by atoms with van der Waals surface area (Å²) in [4.78, 5) is 26.8. The molecular formula is C30H31F2N5O5S. The molecule has 0 radical (unpaired) electrons. The number of piperidine rings is 1. The lowest BCUT2D eigenvalue weighted by atomic mass is 9.90. The highest BCUT2D eigenvalue weighted by atomic mass is 32.2. The predicted octanol–water partition coefficient (Wildman–Crippen LogP) is 5.89. The molecule has 0 aliphatic carbocycles. The molecule has 1 aliphatic rings. The average molecular weight is 612 g/mol. The van der Waals surface area contributed by atoms with Crippen LogP contribution in [0.4, 0.5) is 19.3 Å². The topological polar surface area (TPSA) is 124 Å². The molecule has 0 bridgehead atoms. The van der Waals surface area contributed by atoms with Crippen molar-refractivity contribution in [1.82, 2.24) is 19.9 Å². The van der Waals surface area contributed by atoms with Crippen molar-refractivity contribution in [2.45, 2.75) is 50.0 Å². The fourth-order valence-corrected chi connectivity index (χ4v) is 6.09. The number of pyridine rings is 1. The van der Waals surface area contributed by atoms with Gasteiger partial charge in [0.25, 0.3) is 10.0 Å². The Morgan fingerprint density at radius 2 is 1.74 bits per heavy atom. The number of carbonyl (C=O) groups is 1. The maximum atomic E-state index is 14.3. The van der Waals surface area contributed by atoms with E-state index in [1.807, 2.05) is 39.0 Å². The van der Waals surface area contributed by atoms with Gasteiger partial charge in [-0.1, -0.05) is 6.07 Å². The van der Waals surface area contributed by atoms with Crippen molar-refractivity contribution < 1.29 is 31.5 Å². The standard InChI is InChI=1S/C30H31F2N5O5S/c1-30(2,3)42-29(38)37-11-9-18(10-12-37)27-22-13-19(5-7-24(22)34-17-35-27)20-14-25(28(41-4)33-16-20)36-43(39,40)26-8-6-21(31)15-23(26)32/h5-8,13-18,36H,9-12H2,1-4H3. The zero-order valence-electron chi connectivity index (χ0n) is 24.1. The first-order valence-corrected chi connectivity index (χ1v) is 15.1. The van der Waals surface area contributed by atoms with E-state index in [1.54, 1.807) is 4.90 Å². The van der Waals surface area contributed by atoms with Gasteiger partial charge < -0.3 is 14.4 Å². The van der Waals surface area contributed by atoms with Gasteiger partial charge in [-0.15, -0.1) is 0 Å². The normalized spacial score (nSPS) is 14.5. The number of amides is 1. The number of rotatable bonds is 6. The Morgan fingerprint density at radius 3 is 2.42 bits per heavy atom. The Balaban J connectivity index is 1.43. The molecule has 43 heavy (non-hydrogen) atoms. The van der Waals surface area contributed by atoms with Crippen molar-refractivity contribution in [3.8, 4) is 17.0 Å². The molecule has 0 unspecified atom stereocenters. The average Bonchev–Trinajstić information content (AvgIpc) is 2.95. The Kier molecular flexibility index (Phi) is 8.19. The largest absolute Gasteiger partial charge is 0.480 e. The second-order valence-electron chi connectivity index (χ2n) is 11.2. The Labute approximate surface area is 248 Å². The van der Waals surface area contributed by atoms with Gasteiger partial charge in [-0.3, -0.25) is 4.72 Å². The van der Waals surface area contributed by atoms with Gasteiger partial charge in [-0.25, -0.2) is 36.9 Å². The second-order valence-corrected chi connectivity index (χ2v) is 12.8. The minimum atomic E-state index is -4.44. The number of likely N-dealkylation sites (tertiary alicyclic amines) is 1. The van der Waals surface area contributed by atoms with Crippen LogP contribution in [0.2, 0.25) is 0 Å². The molecule has 1 fully saturated rings. The first-order chi connectivity index (χ1) is 20.3. The molecular weight excluding hydrogens is 580 g/mol.